The van der Waals surface area contributed by atoms with Crippen molar-refractivity contribution in [3.8, 4) is 0 Å². The first kappa shape index (κ1) is 9.09. The smallest absolute Gasteiger partial charge is 0.321 e. The van der Waals surface area contributed by atoms with Gasteiger partial charge in [-0.1, -0.05) is 0 Å². The summed E-state index contributed by atoms with van der Waals surface area (Å²) in [5.74, 6) is 4.66. The van der Waals surface area contributed by atoms with E-state index in [4.69, 9.17) is 0 Å². The highest BCUT2D eigenvalue weighted by Crippen LogP contribution is 1.94. The zero-order chi connectivity index (χ0) is 8.15. The SMILES string of the molecule is CN(CC(F)F)C(=O)NN. The number of carbonyl (C=O) groups is 1. The number of amides is 2. The summed E-state index contributed by atoms with van der Waals surface area (Å²) in [6.07, 6.45) is -2.53. The van der Waals surface area contributed by atoms with Crippen molar-refractivity contribution in [1.82, 2.24) is 10.3 Å². The van der Waals surface area contributed by atoms with E-state index < -0.39 is 19.0 Å². The Morgan fingerprint density at radius 1 is 1.80 bits per heavy atom. The highest BCUT2D eigenvalue weighted by Gasteiger charge is 2.11. The molecule has 0 bridgehead atoms. The molecular formula is C4H9F2N3O. The summed E-state index contributed by atoms with van der Waals surface area (Å²) < 4.78 is 23.0. The molecule has 0 spiro atoms. The summed E-state index contributed by atoms with van der Waals surface area (Å²) in [5, 5.41) is 0. The van der Waals surface area contributed by atoms with Crippen LogP contribution in [0.4, 0.5) is 13.6 Å². The number of alkyl halides is 2. The Morgan fingerprint density at radius 2 is 2.30 bits per heavy atom. The summed E-state index contributed by atoms with van der Waals surface area (Å²) in [5.41, 5.74) is 1.72. The minimum atomic E-state index is -2.53. The van der Waals surface area contributed by atoms with Crippen molar-refractivity contribution >= 4 is 6.03 Å². The van der Waals surface area contributed by atoms with Gasteiger partial charge in [-0.25, -0.2) is 19.4 Å². The van der Waals surface area contributed by atoms with Crippen molar-refractivity contribution in [2.24, 2.45) is 5.84 Å². The van der Waals surface area contributed by atoms with E-state index in [2.05, 4.69) is 5.84 Å². The van der Waals surface area contributed by atoms with Crippen LogP contribution in [0.5, 0.6) is 0 Å². The molecule has 0 aliphatic rings. The van der Waals surface area contributed by atoms with E-state index in [-0.39, 0.29) is 0 Å². The normalized spacial score (nSPS) is 9.70. The minimum absolute atomic E-state index is 0.608. The first-order valence-corrected chi connectivity index (χ1v) is 2.57. The average Bonchev–Trinajstić information content (AvgIpc) is 1.85. The van der Waals surface area contributed by atoms with Crippen LogP contribution < -0.4 is 11.3 Å². The van der Waals surface area contributed by atoms with Crippen LogP contribution in [0.2, 0.25) is 0 Å². The number of halogens is 2. The van der Waals surface area contributed by atoms with E-state index in [0.717, 1.165) is 4.90 Å². The molecule has 0 atom stereocenters. The summed E-state index contributed by atoms with van der Waals surface area (Å²) in [6.45, 7) is -0.608. The van der Waals surface area contributed by atoms with Gasteiger partial charge < -0.3 is 4.90 Å². The van der Waals surface area contributed by atoms with Gasteiger partial charge in [-0.2, -0.15) is 0 Å². The average molecular weight is 153 g/mol. The topological polar surface area (TPSA) is 58.4 Å². The molecule has 2 amide bonds. The van der Waals surface area contributed by atoms with Crippen molar-refractivity contribution in [2.45, 2.75) is 6.43 Å². The van der Waals surface area contributed by atoms with E-state index in [9.17, 15) is 13.6 Å². The molecule has 0 radical (unpaired) electrons. The molecule has 0 aromatic heterocycles. The van der Waals surface area contributed by atoms with Crippen LogP contribution in [-0.4, -0.2) is 30.9 Å². The van der Waals surface area contributed by atoms with E-state index in [1.807, 2.05) is 0 Å². The van der Waals surface area contributed by atoms with Crippen molar-refractivity contribution < 1.29 is 13.6 Å². The lowest BCUT2D eigenvalue weighted by atomic mass is 10.6. The van der Waals surface area contributed by atoms with Gasteiger partial charge in [0.05, 0.1) is 6.54 Å². The van der Waals surface area contributed by atoms with Crippen molar-refractivity contribution in [2.75, 3.05) is 13.6 Å². The van der Waals surface area contributed by atoms with Gasteiger partial charge >= 0.3 is 6.03 Å². The molecule has 0 aromatic carbocycles. The summed E-state index contributed by atoms with van der Waals surface area (Å²) in [4.78, 5) is 11.2. The first-order valence-electron chi connectivity index (χ1n) is 2.57. The molecule has 0 unspecified atom stereocenters. The number of urea groups is 1. The van der Waals surface area contributed by atoms with E-state index in [0.29, 0.717) is 0 Å². The Hall–Kier alpha value is -0.910. The van der Waals surface area contributed by atoms with Gasteiger partial charge in [-0.05, 0) is 0 Å². The zero-order valence-corrected chi connectivity index (χ0v) is 5.47. The summed E-state index contributed by atoms with van der Waals surface area (Å²) in [6, 6.07) is -0.722. The quantitative estimate of drug-likeness (QED) is 0.327. The summed E-state index contributed by atoms with van der Waals surface area (Å²) in [7, 11) is 1.23. The monoisotopic (exact) mass is 153 g/mol. The second-order valence-corrected chi connectivity index (χ2v) is 1.72. The molecule has 0 heterocycles. The van der Waals surface area contributed by atoms with Crippen LogP contribution in [-0.2, 0) is 0 Å². The number of carbonyl (C=O) groups excluding carboxylic acids is 1. The number of nitrogens with two attached hydrogens (primary N) is 1. The number of nitrogens with one attached hydrogen (secondary N) is 1. The van der Waals surface area contributed by atoms with Gasteiger partial charge in [0.25, 0.3) is 6.43 Å². The van der Waals surface area contributed by atoms with E-state index >= 15 is 0 Å². The Bertz CT molecular complexity index is 119. The molecule has 0 aliphatic heterocycles. The number of hydrogen-bond acceptors (Lipinski definition) is 2. The predicted octanol–water partition coefficient (Wildman–Crippen LogP) is -0.233. The Labute approximate surface area is 56.9 Å². The standard InChI is InChI=1S/C4H9F2N3O/c1-9(2-3(5)6)4(10)8-7/h3H,2,7H2,1H3,(H,8,10). The molecule has 0 fully saturated rings. The van der Waals surface area contributed by atoms with Crippen LogP contribution in [0, 0.1) is 0 Å². The van der Waals surface area contributed by atoms with Crippen molar-refractivity contribution in [3.63, 3.8) is 0 Å². The van der Waals surface area contributed by atoms with Crippen LogP contribution in [0.15, 0.2) is 0 Å². The van der Waals surface area contributed by atoms with Gasteiger partial charge in [0.2, 0.25) is 0 Å². The third kappa shape index (κ3) is 3.18. The van der Waals surface area contributed by atoms with E-state index in [1.165, 1.54) is 7.05 Å². The van der Waals surface area contributed by atoms with E-state index in [1.54, 1.807) is 5.43 Å². The molecule has 0 aromatic rings. The lowest BCUT2D eigenvalue weighted by Crippen LogP contribution is -2.43. The zero-order valence-electron chi connectivity index (χ0n) is 5.47. The Kier molecular flexibility index (Phi) is 3.63. The van der Waals surface area contributed by atoms with Gasteiger partial charge in [0.15, 0.2) is 0 Å². The minimum Gasteiger partial charge on any atom is -0.321 e. The van der Waals surface area contributed by atoms with Crippen LogP contribution in [0.25, 0.3) is 0 Å². The lowest BCUT2D eigenvalue weighted by molar-refractivity contribution is 0.108. The van der Waals surface area contributed by atoms with Gasteiger partial charge in [0.1, 0.15) is 0 Å². The number of hydrazine groups is 1. The number of rotatable bonds is 2. The Balaban J connectivity index is 3.61. The third-order valence-electron chi connectivity index (χ3n) is 0.882. The number of nitrogens with zero attached hydrogens (tertiary/aromatic N) is 1. The highest BCUT2D eigenvalue weighted by molar-refractivity contribution is 5.73. The molecule has 3 N–H and O–H groups in total. The maximum atomic E-state index is 11.5. The second kappa shape index (κ2) is 3.99. The third-order valence-corrected chi connectivity index (χ3v) is 0.882. The molecule has 0 saturated carbocycles. The Morgan fingerprint density at radius 3 is 2.60 bits per heavy atom. The maximum Gasteiger partial charge on any atom is 0.331 e. The van der Waals surface area contributed by atoms with Gasteiger partial charge in [-0.15, -0.1) is 0 Å². The fourth-order valence-electron chi connectivity index (χ4n) is 0.400. The molecule has 0 aliphatic carbocycles. The first-order chi connectivity index (χ1) is 4.57. The van der Waals surface area contributed by atoms with Crippen LogP contribution in [0.3, 0.4) is 0 Å². The fourth-order valence-corrected chi connectivity index (χ4v) is 0.400. The van der Waals surface area contributed by atoms with Gasteiger partial charge in [0, 0.05) is 7.05 Å². The highest BCUT2D eigenvalue weighted by atomic mass is 19.3. The molecule has 4 nitrogen and oxygen atoms in total. The molecular weight excluding hydrogens is 144 g/mol. The molecule has 6 heteroatoms. The lowest BCUT2D eigenvalue weighted by Gasteiger charge is -2.14. The predicted molar refractivity (Wildman–Crippen MR) is 31.4 cm³/mol. The largest absolute Gasteiger partial charge is 0.331 e. The van der Waals surface area contributed by atoms with Gasteiger partial charge in [-0.3, -0.25) is 5.43 Å². The van der Waals surface area contributed by atoms with Crippen molar-refractivity contribution in [3.05, 3.63) is 0 Å². The summed E-state index contributed by atoms with van der Waals surface area (Å²) >= 11 is 0. The fraction of sp³-hybridized carbons (Fsp3) is 0.750. The van der Waals surface area contributed by atoms with Crippen LogP contribution in [0.1, 0.15) is 0 Å². The molecule has 0 rings (SSSR count). The molecule has 10 heavy (non-hydrogen) atoms. The second-order valence-electron chi connectivity index (χ2n) is 1.72. The van der Waals surface area contributed by atoms with Crippen molar-refractivity contribution in [1.29, 1.82) is 0 Å². The van der Waals surface area contributed by atoms with Crippen LogP contribution >= 0.6 is 0 Å². The number of hydrogen-bond donors (Lipinski definition) is 2. The maximum absolute atomic E-state index is 11.5. The molecule has 60 valence electrons. The molecule has 0 saturated heterocycles.